The predicted molar refractivity (Wildman–Crippen MR) is 120 cm³/mol. The molecule has 32 heavy (non-hydrogen) atoms. The molecule has 4 heterocycles. The molecule has 2 aliphatic rings. The van der Waals surface area contributed by atoms with E-state index < -0.39 is 18.6 Å². The summed E-state index contributed by atoms with van der Waals surface area (Å²) in [5.74, 6) is -0.814. The molecule has 0 radical (unpaired) electrons. The number of fused-ring (bicyclic) bond motifs is 2. The molecule has 3 atom stereocenters. The van der Waals surface area contributed by atoms with Crippen molar-refractivity contribution in [2.24, 2.45) is 0 Å². The number of halogens is 1. The topological polar surface area (TPSA) is 87.3 Å². The lowest BCUT2D eigenvalue weighted by Gasteiger charge is -2.45. The van der Waals surface area contributed by atoms with Gasteiger partial charge in [0.1, 0.15) is 11.6 Å². The van der Waals surface area contributed by atoms with Gasteiger partial charge in [0, 0.05) is 40.7 Å². The highest BCUT2D eigenvalue weighted by molar-refractivity contribution is 5.73. The minimum Gasteiger partial charge on any atom is -0.507 e. The summed E-state index contributed by atoms with van der Waals surface area (Å²) in [6, 6.07) is 6.14. The Morgan fingerprint density at radius 2 is 1.94 bits per heavy atom. The maximum absolute atomic E-state index is 14.9. The minimum atomic E-state index is -2.55. The van der Waals surface area contributed by atoms with Gasteiger partial charge in [-0.2, -0.15) is 0 Å². The van der Waals surface area contributed by atoms with Crippen molar-refractivity contribution in [2.45, 2.75) is 63.5 Å². The number of phenolic OH excluding ortho intramolecular Hbond substituents is 1. The molecule has 1 unspecified atom stereocenters. The van der Waals surface area contributed by atoms with Crippen molar-refractivity contribution in [2.75, 3.05) is 11.9 Å². The van der Waals surface area contributed by atoms with E-state index in [1.165, 1.54) is 6.07 Å². The molecule has 5 rings (SSSR count). The van der Waals surface area contributed by atoms with Crippen molar-refractivity contribution >= 4 is 5.82 Å². The molecule has 3 aromatic rings. The van der Waals surface area contributed by atoms with Gasteiger partial charge in [-0.05, 0) is 63.8 Å². The van der Waals surface area contributed by atoms with Crippen molar-refractivity contribution in [1.82, 2.24) is 20.5 Å². The van der Waals surface area contributed by atoms with Crippen LogP contribution in [0.15, 0.2) is 34.9 Å². The quantitative estimate of drug-likeness (QED) is 0.620. The third-order valence-corrected chi connectivity index (χ3v) is 6.90. The van der Waals surface area contributed by atoms with Crippen molar-refractivity contribution in [3.8, 4) is 28.3 Å². The van der Waals surface area contributed by atoms with Gasteiger partial charge >= 0.3 is 0 Å². The Kier molecular flexibility index (Phi) is 3.98. The van der Waals surface area contributed by atoms with E-state index in [0.29, 0.717) is 17.6 Å². The van der Waals surface area contributed by atoms with E-state index in [1.807, 2.05) is 13.1 Å². The molecule has 0 amide bonds. The van der Waals surface area contributed by atoms with Gasteiger partial charge in [-0.1, -0.05) is 0 Å². The van der Waals surface area contributed by atoms with Gasteiger partial charge < -0.3 is 19.7 Å². The number of benzene rings is 1. The average molecular weight is 441 g/mol. The third kappa shape index (κ3) is 3.62. The second kappa shape index (κ2) is 7.27. The van der Waals surface area contributed by atoms with Crippen LogP contribution >= 0.6 is 0 Å². The fourth-order valence-corrected chi connectivity index (χ4v) is 5.30. The Labute approximate surface area is 190 Å². The predicted octanol–water partition coefficient (Wildman–Crippen LogP) is 4.45. The lowest BCUT2D eigenvalue weighted by Crippen LogP contribution is -2.58. The number of hydrogen-bond acceptors (Lipinski definition) is 7. The van der Waals surface area contributed by atoms with Gasteiger partial charge in [-0.3, -0.25) is 0 Å². The van der Waals surface area contributed by atoms with Crippen LogP contribution in [0.5, 0.6) is 5.75 Å². The number of aryl methyl sites for hydroxylation is 1. The van der Waals surface area contributed by atoms with Crippen LogP contribution in [0.4, 0.5) is 10.2 Å². The lowest BCUT2D eigenvalue weighted by atomic mass is 9.84. The zero-order valence-corrected chi connectivity index (χ0v) is 18.3. The summed E-state index contributed by atoms with van der Waals surface area (Å²) in [4.78, 5) is 5.84. The van der Waals surface area contributed by atoms with Crippen LogP contribution in [0.2, 0.25) is 0 Å². The van der Waals surface area contributed by atoms with Crippen molar-refractivity contribution in [3.05, 3.63) is 42.2 Å². The molecule has 2 saturated heterocycles. The van der Waals surface area contributed by atoms with Gasteiger partial charge in [0.2, 0.25) is 0 Å². The molecule has 2 fully saturated rings. The second-order valence-electron chi connectivity index (χ2n) is 9.57. The number of rotatable bonds is 4. The summed E-state index contributed by atoms with van der Waals surface area (Å²) in [6.45, 7) is 2.00. The summed E-state index contributed by atoms with van der Waals surface area (Å²) in [7, 11) is 2.02. The Hall–Kier alpha value is -3.00. The number of nitrogens with one attached hydrogen (secondary N) is 1. The number of piperidine rings is 1. The number of nitrogens with zero attached hydrogens (tertiary/aromatic N) is 4. The van der Waals surface area contributed by atoms with Crippen LogP contribution in [0.1, 0.15) is 49.5 Å². The Balaban J connectivity index is 1.37. The molecule has 7 nitrogen and oxygen atoms in total. The van der Waals surface area contributed by atoms with E-state index in [0.717, 1.165) is 37.9 Å². The zero-order chi connectivity index (χ0) is 25.2. The first-order chi connectivity index (χ1) is 16.4. The standard InChI is InChI=1S/C24H28FN5O2/c1-14-26-13-21(32-14)16-10-20(31)17(9-18(16)25)19-5-6-22(28-27-19)30(4)15-11-23(2)7-8-24(3,12-15)29-23/h5-6,9-10,13,15,29,31H,7-8,11-12H2,1-4H3/t15?,23-,24+/i1D3. The van der Waals surface area contributed by atoms with Gasteiger partial charge in [0.25, 0.3) is 0 Å². The van der Waals surface area contributed by atoms with E-state index >= 15 is 0 Å². The van der Waals surface area contributed by atoms with Crippen LogP contribution < -0.4 is 10.2 Å². The first-order valence-corrected chi connectivity index (χ1v) is 10.7. The van der Waals surface area contributed by atoms with E-state index in [1.54, 1.807) is 6.07 Å². The molecule has 168 valence electrons. The maximum Gasteiger partial charge on any atom is 0.191 e. The van der Waals surface area contributed by atoms with Crippen LogP contribution in [0, 0.1) is 12.7 Å². The normalized spacial score (nSPS) is 28.8. The molecule has 1 aromatic carbocycles. The molecule has 0 saturated carbocycles. The highest BCUT2D eigenvalue weighted by Gasteiger charge is 2.49. The van der Waals surface area contributed by atoms with E-state index in [9.17, 15) is 9.50 Å². The van der Waals surface area contributed by atoms with E-state index in [2.05, 4.69) is 39.2 Å². The number of aromatic nitrogens is 3. The van der Waals surface area contributed by atoms with E-state index in [4.69, 9.17) is 8.53 Å². The van der Waals surface area contributed by atoms with Crippen molar-refractivity contribution in [1.29, 1.82) is 0 Å². The third-order valence-electron chi connectivity index (χ3n) is 6.90. The Morgan fingerprint density at radius 1 is 1.19 bits per heavy atom. The van der Waals surface area contributed by atoms with Crippen molar-refractivity contribution in [3.63, 3.8) is 0 Å². The molecule has 2 N–H and O–H groups in total. The molecule has 0 spiro atoms. The van der Waals surface area contributed by atoms with Gasteiger partial charge in [0.15, 0.2) is 17.5 Å². The summed E-state index contributed by atoms with van der Waals surface area (Å²) in [5, 5.41) is 23.0. The van der Waals surface area contributed by atoms with Gasteiger partial charge in [0.05, 0.1) is 17.5 Å². The smallest absolute Gasteiger partial charge is 0.191 e. The number of phenols is 1. The number of hydrogen-bond donors (Lipinski definition) is 2. The molecule has 8 heteroatoms. The van der Waals surface area contributed by atoms with E-state index in [-0.39, 0.29) is 33.7 Å². The molecule has 0 aliphatic carbocycles. The minimum absolute atomic E-state index is 0.0862. The summed E-state index contributed by atoms with van der Waals surface area (Å²) in [6.07, 6.45) is 5.47. The largest absolute Gasteiger partial charge is 0.507 e. The van der Waals surface area contributed by atoms with Crippen LogP contribution in [0.3, 0.4) is 0 Å². The number of aromatic hydroxyl groups is 1. The highest BCUT2D eigenvalue weighted by atomic mass is 19.1. The van der Waals surface area contributed by atoms with Crippen LogP contribution in [-0.4, -0.2) is 44.5 Å². The summed E-state index contributed by atoms with van der Waals surface area (Å²) >= 11 is 0. The Bertz CT molecular complexity index is 1250. The first kappa shape index (κ1) is 17.5. The fourth-order valence-electron chi connectivity index (χ4n) is 5.30. The second-order valence-corrected chi connectivity index (χ2v) is 9.57. The van der Waals surface area contributed by atoms with Crippen LogP contribution in [-0.2, 0) is 0 Å². The highest BCUT2D eigenvalue weighted by Crippen LogP contribution is 2.44. The molecule has 2 aromatic heterocycles. The molecular formula is C24H28FN5O2. The molecular weight excluding hydrogens is 409 g/mol. The van der Waals surface area contributed by atoms with Crippen LogP contribution in [0.25, 0.3) is 22.6 Å². The van der Waals surface area contributed by atoms with Crippen molar-refractivity contribution < 1.29 is 18.0 Å². The van der Waals surface area contributed by atoms with Gasteiger partial charge in [-0.15, -0.1) is 10.2 Å². The molecule has 2 bridgehead atoms. The monoisotopic (exact) mass is 440 g/mol. The fraction of sp³-hybridized carbons (Fsp3) is 0.458. The number of anilines is 1. The first-order valence-electron chi connectivity index (χ1n) is 12.2. The SMILES string of the molecule is [2H]C([2H])([2H])c1ncc(-c2cc(O)c(-c3ccc(N(C)C4C[C@]5(C)CC[C@](C)(C4)N5)nn3)cc2F)o1. The number of oxazole rings is 1. The molecule has 2 aliphatic heterocycles. The van der Waals surface area contributed by atoms with Gasteiger partial charge in [-0.25, -0.2) is 9.37 Å². The maximum atomic E-state index is 14.9. The zero-order valence-electron chi connectivity index (χ0n) is 21.3. The summed E-state index contributed by atoms with van der Waals surface area (Å²) in [5.41, 5.74) is 0.635. The lowest BCUT2D eigenvalue weighted by molar-refractivity contribution is 0.207. The Morgan fingerprint density at radius 3 is 2.56 bits per heavy atom. The summed E-state index contributed by atoms with van der Waals surface area (Å²) < 4.78 is 42.2. The average Bonchev–Trinajstić information content (AvgIpc) is 3.37.